The average Bonchev–Trinajstić information content (AvgIpc) is 3.53. The van der Waals surface area contributed by atoms with Crippen LogP contribution in [0, 0.1) is 6.92 Å². The van der Waals surface area contributed by atoms with Crippen LogP contribution in [0.4, 0.5) is 0 Å². The molecule has 2 N–H and O–H groups in total. The number of hydrogen-bond acceptors (Lipinski definition) is 9. The molecule has 0 aliphatic carbocycles. The Balaban J connectivity index is 1.58. The zero-order valence-corrected chi connectivity index (χ0v) is 31.4. The van der Waals surface area contributed by atoms with Crippen LogP contribution >= 0.6 is 7.75 Å². The van der Waals surface area contributed by atoms with Crippen molar-refractivity contribution in [1.82, 2.24) is 14.6 Å². The molecule has 0 radical (unpaired) electrons. The summed E-state index contributed by atoms with van der Waals surface area (Å²) in [5.74, 6) is -0.639. The Morgan fingerprint density at radius 3 is 2.22 bits per heavy atom. The molecule has 0 bridgehead atoms. The Morgan fingerprint density at radius 1 is 1.02 bits per heavy atom. The Labute approximate surface area is 301 Å². The smallest absolute Gasteiger partial charge is 0.406 e. The van der Waals surface area contributed by atoms with Gasteiger partial charge < -0.3 is 9.47 Å². The van der Waals surface area contributed by atoms with Gasteiger partial charge in [0.05, 0.1) is 32.5 Å². The summed E-state index contributed by atoms with van der Waals surface area (Å²) in [4.78, 5) is 42.4. The Bertz CT molecular complexity index is 1530. The van der Waals surface area contributed by atoms with Crippen molar-refractivity contribution >= 4 is 13.7 Å². The van der Waals surface area contributed by atoms with Gasteiger partial charge in [0.2, 0.25) is 0 Å². The van der Waals surface area contributed by atoms with Crippen molar-refractivity contribution in [3.63, 3.8) is 0 Å². The van der Waals surface area contributed by atoms with Gasteiger partial charge in [-0.2, -0.15) is 0 Å². The first-order valence-electron chi connectivity index (χ1n) is 18.5. The van der Waals surface area contributed by atoms with Crippen molar-refractivity contribution in [3.05, 3.63) is 78.9 Å². The van der Waals surface area contributed by atoms with Crippen molar-refractivity contribution in [2.45, 2.75) is 141 Å². The lowest BCUT2D eigenvalue weighted by Crippen LogP contribution is -2.39. The summed E-state index contributed by atoms with van der Waals surface area (Å²) >= 11 is 0. The van der Waals surface area contributed by atoms with E-state index in [0.29, 0.717) is 12.0 Å². The molecule has 51 heavy (non-hydrogen) atoms. The summed E-state index contributed by atoms with van der Waals surface area (Å²) < 4.78 is 38.3. The first kappa shape index (κ1) is 42.2. The number of nitrogens with one attached hydrogen (secondary N) is 2. The van der Waals surface area contributed by atoms with Crippen LogP contribution in [0.3, 0.4) is 0 Å². The lowest BCUT2D eigenvalue weighted by molar-refractivity contribution is -0.142. The predicted molar refractivity (Wildman–Crippen MR) is 196 cm³/mol. The summed E-state index contributed by atoms with van der Waals surface area (Å²) in [6.07, 6.45) is 16.6. The SMILES string of the molecule is CCCCCCCCCCCCCCCCOP(=O)(N[C@@H](Cc1ccccc1)C(=O)OC)OC[C@H]1O[C@@H](n2cc(C)c(=O)[nH]c2=O)C[C@@H]1N=[N+]=[N-]. The number of azide groups is 1. The monoisotopic (exact) mass is 732 g/mol. The summed E-state index contributed by atoms with van der Waals surface area (Å²) in [6.45, 7) is 3.59. The van der Waals surface area contributed by atoms with E-state index in [2.05, 4.69) is 27.0 Å². The molecular formula is C36H57N6O8P. The molecule has 2 aromatic rings. The Hall–Kier alpha value is -3.25. The van der Waals surface area contributed by atoms with Crippen LogP contribution in [0.5, 0.6) is 0 Å². The number of carbonyl (C=O) groups excluding carboxylic acids is 1. The highest BCUT2D eigenvalue weighted by Crippen LogP contribution is 2.46. The van der Waals surface area contributed by atoms with Crippen LogP contribution in [0.15, 0.2) is 51.2 Å². The van der Waals surface area contributed by atoms with Gasteiger partial charge in [0.15, 0.2) is 0 Å². The number of rotatable bonds is 26. The molecule has 1 unspecified atom stereocenters. The average molecular weight is 733 g/mol. The van der Waals surface area contributed by atoms with Crippen molar-refractivity contribution in [2.75, 3.05) is 20.3 Å². The molecule has 0 spiro atoms. The van der Waals surface area contributed by atoms with Gasteiger partial charge in [0.1, 0.15) is 12.3 Å². The summed E-state index contributed by atoms with van der Waals surface area (Å²) in [7, 11) is -2.91. The number of unbranched alkanes of at least 4 members (excludes halogenated alkanes) is 13. The number of esters is 1. The molecule has 5 atom stereocenters. The summed E-state index contributed by atoms with van der Waals surface area (Å²) in [5.41, 5.74) is 9.14. The maximum atomic E-state index is 14.3. The third-order valence-corrected chi connectivity index (χ3v) is 10.7. The van der Waals surface area contributed by atoms with Crippen LogP contribution in [-0.4, -0.2) is 54.0 Å². The molecule has 0 saturated carbocycles. The van der Waals surface area contributed by atoms with Gasteiger partial charge in [-0.25, -0.2) is 14.4 Å². The molecular weight excluding hydrogens is 675 g/mol. The maximum Gasteiger partial charge on any atom is 0.406 e. The number of aromatic nitrogens is 2. The van der Waals surface area contributed by atoms with E-state index < -0.39 is 49.4 Å². The van der Waals surface area contributed by atoms with E-state index in [1.807, 2.05) is 30.3 Å². The fraction of sp³-hybridized carbons (Fsp3) is 0.694. The standard InChI is InChI=1S/C36H57N6O8P/c1-4-5-6-7-8-9-10-11-12-13-14-15-16-20-23-48-51(46,40-31(35(44)47-3)24-29-21-18-17-19-22-29)49-27-32-30(39-41-37)25-33(50-32)42-26-28(2)34(43)38-36(42)45/h17-19,21-22,26,30-33H,4-16,20,23-25,27H2,1-3H3,(H,40,46)(H,38,43,45)/t30-,31-,32+,33+,51?/m0/s1. The predicted octanol–water partition coefficient (Wildman–Crippen LogP) is 7.81. The van der Waals surface area contributed by atoms with E-state index in [4.69, 9.17) is 18.5 Å². The van der Waals surface area contributed by atoms with Gasteiger partial charge in [-0.15, -0.1) is 0 Å². The van der Waals surface area contributed by atoms with E-state index in [9.17, 15) is 24.5 Å². The Morgan fingerprint density at radius 2 is 1.63 bits per heavy atom. The van der Waals surface area contributed by atoms with Crippen LogP contribution in [0.25, 0.3) is 10.4 Å². The molecule has 3 rings (SSSR count). The highest BCUT2D eigenvalue weighted by molar-refractivity contribution is 7.51. The van der Waals surface area contributed by atoms with E-state index in [1.165, 1.54) is 82.1 Å². The first-order chi connectivity index (χ1) is 24.7. The van der Waals surface area contributed by atoms with Crippen LogP contribution in [0.1, 0.15) is 121 Å². The minimum Gasteiger partial charge on any atom is -0.468 e. The molecule has 2 heterocycles. The quantitative estimate of drug-likeness (QED) is 0.0243. The van der Waals surface area contributed by atoms with Crippen LogP contribution < -0.4 is 16.3 Å². The maximum absolute atomic E-state index is 14.3. The summed E-state index contributed by atoms with van der Waals surface area (Å²) in [5, 5.41) is 6.62. The van der Waals surface area contributed by atoms with Crippen LogP contribution in [-0.2, 0) is 34.3 Å². The molecule has 1 aliphatic rings. The number of ether oxygens (including phenoxy) is 2. The zero-order valence-electron chi connectivity index (χ0n) is 30.5. The molecule has 1 aromatic carbocycles. The third kappa shape index (κ3) is 15.1. The largest absolute Gasteiger partial charge is 0.468 e. The van der Waals surface area contributed by atoms with E-state index in [0.717, 1.165) is 24.8 Å². The highest BCUT2D eigenvalue weighted by Gasteiger charge is 2.40. The third-order valence-electron chi connectivity index (χ3n) is 9.11. The van der Waals surface area contributed by atoms with Gasteiger partial charge >= 0.3 is 19.4 Å². The first-order valence-corrected chi connectivity index (χ1v) is 20.0. The van der Waals surface area contributed by atoms with Crippen LogP contribution in [0.2, 0.25) is 0 Å². The molecule has 1 saturated heterocycles. The molecule has 1 aromatic heterocycles. The lowest BCUT2D eigenvalue weighted by Gasteiger charge is -2.26. The normalized spacial score (nSPS) is 18.9. The molecule has 0 amide bonds. The van der Waals surface area contributed by atoms with Crippen molar-refractivity contribution in [2.24, 2.45) is 5.11 Å². The van der Waals surface area contributed by atoms with Gasteiger partial charge in [0, 0.05) is 23.1 Å². The molecule has 284 valence electrons. The number of carbonyl (C=O) groups is 1. The number of hydrogen-bond donors (Lipinski definition) is 2. The molecule has 14 nitrogen and oxygen atoms in total. The van der Waals surface area contributed by atoms with E-state index >= 15 is 0 Å². The topological polar surface area (TPSA) is 187 Å². The van der Waals surface area contributed by atoms with Crippen molar-refractivity contribution < 1.29 is 27.9 Å². The zero-order chi connectivity index (χ0) is 36.9. The second-order valence-corrected chi connectivity index (χ2v) is 15.0. The fourth-order valence-corrected chi connectivity index (χ4v) is 7.67. The molecule has 1 aliphatic heterocycles. The Kier molecular flexibility index (Phi) is 19.3. The fourth-order valence-electron chi connectivity index (χ4n) is 6.15. The molecule has 1 fully saturated rings. The number of benzene rings is 1. The minimum absolute atomic E-state index is 0.111. The summed E-state index contributed by atoms with van der Waals surface area (Å²) in [6, 6.07) is 7.39. The number of nitrogens with zero attached hydrogens (tertiary/aromatic N) is 4. The van der Waals surface area contributed by atoms with E-state index in [-0.39, 0.29) is 26.1 Å². The van der Waals surface area contributed by atoms with Gasteiger partial charge in [-0.3, -0.25) is 28.2 Å². The van der Waals surface area contributed by atoms with Crippen molar-refractivity contribution in [3.8, 4) is 0 Å². The molecule has 15 heteroatoms. The van der Waals surface area contributed by atoms with Crippen molar-refractivity contribution in [1.29, 1.82) is 0 Å². The highest BCUT2D eigenvalue weighted by atomic mass is 31.2. The van der Waals surface area contributed by atoms with Gasteiger partial charge in [-0.05, 0) is 30.9 Å². The van der Waals surface area contributed by atoms with E-state index in [1.54, 1.807) is 6.92 Å². The number of aryl methyl sites for hydroxylation is 1. The number of methoxy groups -OCH3 is 1. The van der Waals surface area contributed by atoms with Gasteiger partial charge in [0.25, 0.3) is 5.56 Å². The number of aromatic amines is 1. The lowest BCUT2D eigenvalue weighted by atomic mass is 10.0. The van der Waals surface area contributed by atoms with Gasteiger partial charge in [-0.1, -0.05) is 126 Å². The second kappa shape index (κ2) is 23.3. The minimum atomic E-state index is -4.16. The second-order valence-electron chi connectivity index (χ2n) is 13.2. The number of H-pyrrole nitrogens is 1.